The zero-order chi connectivity index (χ0) is 10.6. The van der Waals surface area contributed by atoms with E-state index in [0.717, 1.165) is 0 Å². The van der Waals surface area contributed by atoms with Crippen molar-refractivity contribution >= 4 is 12.3 Å². The highest BCUT2D eigenvalue weighted by Gasteiger charge is 2.14. The first kappa shape index (κ1) is 10.2. The molecule has 0 aromatic heterocycles. The molecular weight excluding hydrogens is 184 g/mol. The molecule has 0 aliphatic carbocycles. The molecule has 0 saturated carbocycles. The molecule has 0 fully saturated rings. The van der Waals surface area contributed by atoms with Crippen molar-refractivity contribution in [3.63, 3.8) is 0 Å². The molecule has 0 spiro atoms. The molecule has 0 amide bonds. The van der Waals surface area contributed by atoms with Crippen molar-refractivity contribution in [2.24, 2.45) is 0 Å². The molecule has 1 radical (unpaired) electrons. The molecule has 1 N–H and O–H groups in total. The second-order valence-corrected chi connectivity index (χ2v) is 2.70. The molecule has 1 aromatic carbocycles. The smallest absolute Gasteiger partial charge is 0.303 e. The van der Waals surface area contributed by atoms with Gasteiger partial charge in [-0.15, -0.1) is 0 Å². The van der Waals surface area contributed by atoms with Crippen LogP contribution >= 0.6 is 0 Å². The first-order valence-corrected chi connectivity index (χ1v) is 3.97. The van der Waals surface area contributed by atoms with E-state index in [2.05, 4.69) is 4.74 Å². The maximum absolute atomic E-state index is 10.6. The summed E-state index contributed by atoms with van der Waals surface area (Å²) in [7, 11) is 0. The standard InChI is InChI=1S/C10H9O4/c1-7(12)14-10(6-11)8-3-2-4-9(13)5-8/h2-5,10,13H,1H3. The van der Waals surface area contributed by atoms with Crippen molar-refractivity contribution in [3.05, 3.63) is 29.8 Å². The number of hydrogen-bond donors (Lipinski definition) is 1. The van der Waals surface area contributed by atoms with Crippen LogP contribution in [-0.4, -0.2) is 17.4 Å². The highest BCUT2D eigenvalue weighted by Crippen LogP contribution is 2.19. The predicted molar refractivity (Wildman–Crippen MR) is 48.3 cm³/mol. The van der Waals surface area contributed by atoms with Crippen molar-refractivity contribution < 1.29 is 19.4 Å². The monoisotopic (exact) mass is 193 g/mol. The van der Waals surface area contributed by atoms with Gasteiger partial charge in [0, 0.05) is 12.5 Å². The van der Waals surface area contributed by atoms with Gasteiger partial charge in [-0.25, -0.2) is 0 Å². The number of esters is 1. The molecule has 0 saturated heterocycles. The van der Waals surface area contributed by atoms with Crippen molar-refractivity contribution in [1.29, 1.82) is 0 Å². The van der Waals surface area contributed by atoms with E-state index in [1.54, 1.807) is 18.4 Å². The van der Waals surface area contributed by atoms with Gasteiger partial charge in [-0.3, -0.25) is 9.59 Å². The minimum absolute atomic E-state index is 0.00917. The quantitative estimate of drug-likeness (QED) is 0.730. The zero-order valence-corrected chi connectivity index (χ0v) is 7.56. The highest BCUT2D eigenvalue weighted by atomic mass is 16.5. The van der Waals surface area contributed by atoms with Crippen LogP contribution in [-0.2, 0) is 14.3 Å². The van der Waals surface area contributed by atoms with Gasteiger partial charge in [0.1, 0.15) is 5.75 Å². The maximum Gasteiger partial charge on any atom is 0.303 e. The van der Waals surface area contributed by atoms with Gasteiger partial charge in [0.25, 0.3) is 0 Å². The Balaban J connectivity index is 2.89. The van der Waals surface area contributed by atoms with Crippen molar-refractivity contribution in [1.82, 2.24) is 0 Å². The molecule has 1 rings (SSSR count). The third-order valence-corrected chi connectivity index (χ3v) is 1.56. The lowest BCUT2D eigenvalue weighted by atomic mass is 10.1. The lowest BCUT2D eigenvalue weighted by molar-refractivity contribution is -0.143. The van der Waals surface area contributed by atoms with E-state index in [4.69, 9.17) is 5.11 Å². The Kier molecular flexibility index (Phi) is 3.23. The van der Waals surface area contributed by atoms with Gasteiger partial charge in [0.05, 0.1) is 0 Å². The zero-order valence-electron chi connectivity index (χ0n) is 7.56. The molecule has 1 unspecified atom stereocenters. The average molecular weight is 193 g/mol. The second-order valence-electron chi connectivity index (χ2n) is 2.70. The number of rotatable bonds is 3. The number of aromatic hydroxyl groups is 1. The minimum atomic E-state index is -1.07. The molecule has 73 valence electrons. The van der Waals surface area contributed by atoms with Crippen LogP contribution < -0.4 is 0 Å². The number of phenols is 1. The highest BCUT2D eigenvalue weighted by molar-refractivity contribution is 5.71. The normalized spacial score (nSPS) is 11.8. The Morgan fingerprint density at radius 3 is 2.79 bits per heavy atom. The summed E-state index contributed by atoms with van der Waals surface area (Å²) in [5, 5.41) is 9.12. The van der Waals surface area contributed by atoms with Crippen LogP contribution in [0.25, 0.3) is 0 Å². The van der Waals surface area contributed by atoms with E-state index >= 15 is 0 Å². The third-order valence-electron chi connectivity index (χ3n) is 1.56. The summed E-state index contributed by atoms with van der Waals surface area (Å²) in [4.78, 5) is 21.1. The Bertz CT molecular complexity index is 346. The van der Waals surface area contributed by atoms with Crippen LogP contribution in [0.15, 0.2) is 24.3 Å². The number of carbonyl (C=O) groups excluding carboxylic acids is 2. The van der Waals surface area contributed by atoms with Gasteiger partial charge in [0.15, 0.2) is 6.10 Å². The fraction of sp³-hybridized carbons (Fsp3) is 0.200. The Labute approximate surface area is 81.1 Å². The molecule has 1 aromatic rings. The summed E-state index contributed by atoms with van der Waals surface area (Å²) in [6.07, 6.45) is 0.503. The molecule has 0 heterocycles. The van der Waals surface area contributed by atoms with Crippen LogP contribution in [0, 0.1) is 0 Å². The number of phenolic OH excluding ortho intramolecular Hbond substituents is 1. The topological polar surface area (TPSA) is 63.6 Å². The number of hydrogen-bond acceptors (Lipinski definition) is 4. The van der Waals surface area contributed by atoms with E-state index in [1.165, 1.54) is 19.1 Å². The van der Waals surface area contributed by atoms with Crippen molar-refractivity contribution in [3.8, 4) is 5.75 Å². The van der Waals surface area contributed by atoms with Crippen LogP contribution in [0.5, 0.6) is 5.75 Å². The number of carbonyl (C=O) groups is 1. The summed E-state index contributed by atoms with van der Waals surface area (Å²) >= 11 is 0. The summed E-state index contributed by atoms with van der Waals surface area (Å²) in [5.41, 5.74) is 0.398. The number of ether oxygens (including phenoxy) is 1. The van der Waals surface area contributed by atoms with E-state index in [-0.39, 0.29) is 5.75 Å². The molecule has 0 aliphatic rings. The third kappa shape index (κ3) is 2.58. The van der Waals surface area contributed by atoms with E-state index < -0.39 is 12.1 Å². The minimum Gasteiger partial charge on any atom is -0.508 e. The summed E-state index contributed by atoms with van der Waals surface area (Å²) in [5.74, 6) is -0.559. The predicted octanol–water partition coefficient (Wildman–Crippen LogP) is 1.11. The largest absolute Gasteiger partial charge is 0.508 e. The van der Waals surface area contributed by atoms with Crippen molar-refractivity contribution in [2.45, 2.75) is 13.0 Å². The maximum atomic E-state index is 10.6. The Morgan fingerprint density at radius 2 is 2.29 bits per heavy atom. The molecule has 0 aliphatic heterocycles. The lowest BCUT2D eigenvalue weighted by Crippen LogP contribution is -2.09. The summed E-state index contributed by atoms with van der Waals surface area (Å²) < 4.78 is 4.67. The molecular formula is C10H9O4. The van der Waals surface area contributed by atoms with Crippen LogP contribution in [0.4, 0.5) is 0 Å². The Hall–Kier alpha value is -1.84. The first-order chi connectivity index (χ1) is 6.63. The van der Waals surface area contributed by atoms with E-state index in [1.807, 2.05) is 0 Å². The van der Waals surface area contributed by atoms with Gasteiger partial charge in [-0.1, -0.05) is 12.1 Å². The lowest BCUT2D eigenvalue weighted by Gasteiger charge is -2.09. The fourth-order valence-corrected chi connectivity index (χ4v) is 1.01. The van der Waals surface area contributed by atoms with Gasteiger partial charge in [-0.2, -0.15) is 0 Å². The van der Waals surface area contributed by atoms with Gasteiger partial charge < -0.3 is 9.84 Å². The van der Waals surface area contributed by atoms with E-state index in [0.29, 0.717) is 5.56 Å². The molecule has 14 heavy (non-hydrogen) atoms. The first-order valence-electron chi connectivity index (χ1n) is 3.97. The fourth-order valence-electron chi connectivity index (χ4n) is 1.01. The number of benzene rings is 1. The molecule has 0 bridgehead atoms. The van der Waals surface area contributed by atoms with Crippen LogP contribution in [0.1, 0.15) is 18.6 Å². The molecule has 4 heteroatoms. The van der Waals surface area contributed by atoms with Gasteiger partial charge in [0.2, 0.25) is 6.29 Å². The Morgan fingerprint density at radius 1 is 1.57 bits per heavy atom. The van der Waals surface area contributed by atoms with Gasteiger partial charge in [-0.05, 0) is 12.1 Å². The summed E-state index contributed by atoms with van der Waals surface area (Å²) in [6, 6.07) is 5.92. The van der Waals surface area contributed by atoms with Crippen molar-refractivity contribution in [2.75, 3.05) is 0 Å². The average Bonchev–Trinajstić information content (AvgIpc) is 2.14. The molecule has 1 atom stereocenters. The van der Waals surface area contributed by atoms with Crippen LogP contribution in [0.3, 0.4) is 0 Å². The second kappa shape index (κ2) is 4.41. The van der Waals surface area contributed by atoms with Crippen LogP contribution in [0.2, 0.25) is 0 Å². The van der Waals surface area contributed by atoms with E-state index in [9.17, 15) is 9.59 Å². The summed E-state index contributed by atoms with van der Waals surface area (Å²) in [6.45, 7) is 1.20. The van der Waals surface area contributed by atoms with Gasteiger partial charge >= 0.3 is 5.97 Å². The SMILES string of the molecule is CC(=O)OC([C]=O)c1cccc(O)c1. The molecule has 4 nitrogen and oxygen atoms in total.